The molecule has 1 heterocycles. The lowest BCUT2D eigenvalue weighted by Crippen LogP contribution is -2.42. The standard InChI is InChI=1S/C23H23N3O4S/c1-26(2)21-11-5-9-18-17(21)8-6-12-22(18)31(29,30)25-20(23(27)28)13-15-14-24-19-10-4-3-7-16(15)19/h3-12,14,20,24-25H,13H2,1-2H3,(H,27,28)/t20-/m1/s1. The van der Waals surface area contributed by atoms with E-state index in [2.05, 4.69) is 9.71 Å². The van der Waals surface area contributed by atoms with Crippen molar-refractivity contribution in [2.24, 2.45) is 0 Å². The predicted octanol–water partition coefficient (Wildman–Crippen LogP) is 3.36. The van der Waals surface area contributed by atoms with Gasteiger partial charge in [-0.3, -0.25) is 4.79 Å². The third-order valence-corrected chi connectivity index (χ3v) is 6.85. The maximum Gasteiger partial charge on any atom is 0.322 e. The Bertz CT molecular complexity index is 1380. The fourth-order valence-electron chi connectivity index (χ4n) is 3.84. The van der Waals surface area contributed by atoms with Crippen molar-refractivity contribution in [2.45, 2.75) is 17.4 Å². The van der Waals surface area contributed by atoms with E-state index in [9.17, 15) is 18.3 Å². The summed E-state index contributed by atoms with van der Waals surface area (Å²) in [5.41, 5.74) is 2.48. The molecule has 0 radical (unpaired) electrons. The van der Waals surface area contributed by atoms with Crippen LogP contribution < -0.4 is 9.62 Å². The normalized spacial score (nSPS) is 12.8. The number of fused-ring (bicyclic) bond motifs is 2. The minimum atomic E-state index is -4.09. The average Bonchev–Trinajstić information content (AvgIpc) is 3.15. The minimum absolute atomic E-state index is 0.0201. The first-order chi connectivity index (χ1) is 14.8. The lowest BCUT2D eigenvalue weighted by Gasteiger charge is -2.18. The summed E-state index contributed by atoms with van der Waals surface area (Å²) in [6.45, 7) is 0. The highest BCUT2D eigenvalue weighted by Gasteiger charge is 2.28. The maximum absolute atomic E-state index is 13.2. The van der Waals surface area contributed by atoms with E-state index in [1.807, 2.05) is 55.4 Å². The van der Waals surface area contributed by atoms with E-state index in [-0.39, 0.29) is 11.3 Å². The molecule has 3 N–H and O–H groups in total. The first kappa shape index (κ1) is 20.9. The summed E-state index contributed by atoms with van der Waals surface area (Å²) >= 11 is 0. The summed E-state index contributed by atoms with van der Waals surface area (Å²) in [7, 11) is -0.320. The Balaban J connectivity index is 1.71. The van der Waals surface area contributed by atoms with Gasteiger partial charge in [0.2, 0.25) is 10.0 Å². The van der Waals surface area contributed by atoms with Crippen molar-refractivity contribution in [3.8, 4) is 0 Å². The van der Waals surface area contributed by atoms with Crippen molar-refractivity contribution in [3.05, 3.63) is 72.4 Å². The second-order valence-corrected chi connectivity index (χ2v) is 9.28. The molecular formula is C23H23N3O4S. The number of hydrogen-bond donors (Lipinski definition) is 3. The molecule has 0 amide bonds. The third-order valence-electron chi connectivity index (χ3n) is 5.32. The van der Waals surface area contributed by atoms with Crippen LogP contribution >= 0.6 is 0 Å². The number of H-pyrrole nitrogens is 1. The number of nitrogens with one attached hydrogen (secondary N) is 2. The molecule has 160 valence electrons. The molecule has 3 aromatic carbocycles. The number of benzene rings is 3. The molecule has 0 spiro atoms. The number of aromatic amines is 1. The van der Waals surface area contributed by atoms with Crippen molar-refractivity contribution < 1.29 is 18.3 Å². The number of carboxylic acid groups (broad SMARTS) is 1. The van der Waals surface area contributed by atoms with Crippen molar-refractivity contribution in [1.82, 2.24) is 9.71 Å². The molecule has 0 saturated heterocycles. The Morgan fingerprint density at radius 2 is 1.68 bits per heavy atom. The Morgan fingerprint density at radius 3 is 2.42 bits per heavy atom. The van der Waals surface area contributed by atoms with E-state index in [1.54, 1.807) is 24.4 Å². The lowest BCUT2D eigenvalue weighted by molar-refractivity contribution is -0.138. The van der Waals surface area contributed by atoms with Gasteiger partial charge in [0.15, 0.2) is 0 Å². The van der Waals surface area contributed by atoms with Crippen molar-refractivity contribution in [3.63, 3.8) is 0 Å². The minimum Gasteiger partial charge on any atom is -0.480 e. The fourth-order valence-corrected chi connectivity index (χ4v) is 5.25. The maximum atomic E-state index is 13.2. The van der Waals surface area contributed by atoms with Gasteiger partial charge in [0.25, 0.3) is 0 Å². The molecule has 0 unspecified atom stereocenters. The van der Waals surface area contributed by atoms with E-state index < -0.39 is 22.0 Å². The summed E-state index contributed by atoms with van der Waals surface area (Å²) in [5, 5.41) is 11.9. The SMILES string of the molecule is CN(C)c1cccc2c(S(=O)(=O)N[C@H](Cc3c[nH]c4ccccc34)C(=O)O)cccc12. The number of carbonyl (C=O) groups is 1. The Kier molecular flexibility index (Phi) is 5.43. The molecule has 1 aromatic heterocycles. The number of nitrogens with zero attached hydrogens (tertiary/aromatic N) is 1. The van der Waals surface area contributed by atoms with Gasteiger partial charge in [0.05, 0.1) is 4.90 Å². The number of aromatic nitrogens is 1. The van der Waals surface area contributed by atoms with Crippen LogP contribution in [0.5, 0.6) is 0 Å². The molecular weight excluding hydrogens is 414 g/mol. The average molecular weight is 438 g/mol. The van der Waals surface area contributed by atoms with E-state index in [4.69, 9.17) is 0 Å². The molecule has 4 aromatic rings. The second-order valence-electron chi connectivity index (χ2n) is 7.60. The summed E-state index contributed by atoms with van der Waals surface area (Å²) in [6, 6.07) is 16.6. The van der Waals surface area contributed by atoms with Crippen molar-refractivity contribution in [2.75, 3.05) is 19.0 Å². The Morgan fingerprint density at radius 1 is 1.00 bits per heavy atom. The summed E-state index contributed by atoms with van der Waals surface area (Å²) in [4.78, 5) is 17.0. The predicted molar refractivity (Wildman–Crippen MR) is 122 cm³/mol. The molecule has 8 heteroatoms. The molecule has 4 rings (SSSR count). The zero-order chi connectivity index (χ0) is 22.2. The van der Waals surface area contributed by atoms with Crippen LogP contribution in [0.1, 0.15) is 5.56 Å². The number of sulfonamides is 1. The van der Waals surface area contributed by atoms with Crippen molar-refractivity contribution >= 4 is 43.4 Å². The first-order valence-corrected chi connectivity index (χ1v) is 11.3. The van der Waals surface area contributed by atoms with E-state index in [0.717, 1.165) is 27.5 Å². The van der Waals surface area contributed by atoms with Gasteiger partial charge in [-0.1, -0.05) is 42.5 Å². The highest BCUT2D eigenvalue weighted by Crippen LogP contribution is 2.30. The quantitative estimate of drug-likeness (QED) is 0.411. The molecule has 31 heavy (non-hydrogen) atoms. The smallest absolute Gasteiger partial charge is 0.322 e. The van der Waals surface area contributed by atoms with Gasteiger partial charge in [-0.25, -0.2) is 8.42 Å². The highest BCUT2D eigenvalue weighted by atomic mass is 32.2. The lowest BCUT2D eigenvalue weighted by atomic mass is 10.1. The molecule has 0 aliphatic heterocycles. The number of carboxylic acids is 1. The molecule has 0 aliphatic carbocycles. The zero-order valence-corrected chi connectivity index (χ0v) is 18.0. The Hall–Kier alpha value is -3.36. The number of para-hydroxylation sites is 1. The molecule has 7 nitrogen and oxygen atoms in total. The van der Waals surface area contributed by atoms with E-state index >= 15 is 0 Å². The van der Waals surface area contributed by atoms with Crippen LogP contribution in [0.25, 0.3) is 21.7 Å². The summed E-state index contributed by atoms with van der Waals surface area (Å²) < 4.78 is 28.9. The van der Waals surface area contributed by atoms with Crippen LogP contribution in [0, 0.1) is 0 Å². The van der Waals surface area contributed by atoms with Gasteiger partial charge in [-0.15, -0.1) is 0 Å². The van der Waals surface area contributed by atoms with E-state index in [0.29, 0.717) is 5.39 Å². The van der Waals surface area contributed by atoms with Crippen LogP contribution in [-0.4, -0.2) is 44.6 Å². The highest BCUT2D eigenvalue weighted by molar-refractivity contribution is 7.89. The van der Waals surface area contributed by atoms with Gasteiger partial charge in [0, 0.05) is 54.1 Å². The summed E-state index contributed by atoms with van der Waals surface area (Å²) in [5.74, 6) is -1.23. The van der Waals surface area contributed by atoms with Gasteiger partial charge < -0.3 is 15.0 Å². The van der Waals surface area contributed by atoms with Gasteiger partial charge in [-0.05, 0) is 23.8 Å². The van der Waals surface area contributed by atoms with Crippen LogP contribution in [-0.2, 0) is 21.2 Å². The number of aliphatic carboxylic acids is 1. The largest absolute Gasteiger partial charge is 0.480 e. The topological polar surface area (TPSA) is 103 Å². The van der Waals surface area contributed by atoms with Crippen LogP contribution in [0.3, 0.4) is 0 Å². The number of anilines is 1. The summed E-state index contributed by atoms with van der Waals surface area (Å²) in [6.07, 6.45) is 1.74. The first-order valence-electron chi connectivity index (χ1n) is 9.77. The zero-order valence-electron chi connectivity index (χ0n) is 17.2. The Labute approximate surface area is 180 Å². The molecule has 0 aliphatic rings. The van der Waals surface area contributed by atoms with Crippen LogP contribution in [0.4, 0.5) is 5.69 Å². The molecule has 1 atom stereocenters. The van der Waals surface area contributed by atoms with Crippen molar-refractivity contribution in [1.29, 1.82) is 0 Å². The van der Waals surface area contributed by atoms with Crippen LogP contribution in [0.2, 0.25) is 0 Å². The van der Waals surface area contributed by atoms with E-state index in [1.165, 1.54) is 6.07 Å². The van der Waals surface area contributed by atoms with Gasteiger partial charge >= 0.3 is 5.97 Å². The molecule has 0 fully saturated rings. The van der Waals surface area contributed by atoms with Gasteiger partial charge in [0.1, 0.15) is 6.04 Å². The number of rotatable bonds is 7. The van der Waals surface area contributed by atoms with Crippen LogP contribution in [0.15, 0.2) is 71.8 Å². The monoisotopic (exact) mass is 437 g/mol. The third kappa shape index (κ3) is 3.99. The second kappa shape index (κ2) is 8.05. The molecule has 0 bridgehead atoms. The number of hydrogen-bond acceptors (Lipinski definition) is 4. The van der Waals surface area contributed by atoms with Gasteiger partial charge in [-0.2, -0.15) is 4.72 Å². The molecule has 0 saturated carbocycles. The fraction of sp³-hybridized carbons (Fsp3) is 0.174.